The van der Waals surface area contributed by atoms with E-state index in [2.05, 4.69) is 88.7 Å². The summed E-state index contributed by atoms with van der Waals surface area (Å²) in [5.74, 6) is 0.654. The molecule has 2 heterocycles. The Balaban J connectivity index is 0.997. The summed E-state index contributed by atoms with van der Waals surface area (Å²) in [5, 5.41) is 5.09. The van der Waals surface area contributed by atoms with Gasteiger partial charge in [0.2, 0.25) is 0 Å². The molecule has 1 N–H and O–H groups in total. The SMILES string of the molecule is Fc1ccc(-c2nc(-c3ccccc3)c(-c3ccccc3)n2CCCCCCCCNc2c3c(nc4ccccc24)CCCC3)cc1. The lowest BCUT2D eigenvalue weighted by Gasteiger charge is -2.21. The average molecular weight is 623 g/mol. The molecule has 0 saturated heterocycles. The Morgan fingerprint density at radius 2 is 1.28 bits per heavy atom. The minimum Gasteiger partial charge on any atom is -0.384 e. The lowest BCUT2D eigenvalue weighted by atomic mass is 9.92. The van der Waals surface area contributed by atoms with Crippen LogP contribution in [0.5, 0.6) is 0 Å². The van der Waals surface area contributed by atoms with Crippen LogP contribution in [0.3, 0.4) is 0 Å². The number of unbranched alkanes of at least 4 members (excludes halogenated alkanes) is 5. The first-order chi connectivity index (χ1) is 23.3. The molecular formula is C42H43FN4. The molecule has 6 aromatic rings. The minimum atomic E-state index is -0.234. The number of benzene rings is 4. The van der Waals surface area contributed by atoms with Crippen molar-refractivity contribution < 1.29 is 4.39 Å². The van der Waals surface area contributed by atoms with E-state index in [1.165, 1.54) is 73.0 Å². The molecule has 0 bridgehead atoms. The van der Waals surface area contributed by atoms with Crippen molar-refractivity contribution in [2.45, 2.75) is 70.8 Å². The van der Waals surface area contributed by atoms with Gasteiger partial charge in [0.1, 0.15) is 11.6 Å². The molecule has 0 unspecified atom stereocenters. The van der Waals surface area contributed by atoms with E-state index in [4.69, 9.17) is 9.97 Å². The van der Waals surface area contributed by atoms with Crippen LogP contribution >= 0.6 is 0 Å². The highest BCUT2D eigenvalue weighted by atomic mass is 19.1. The van der Waals surface area contributed by atoms with Crippen molar-refractivity contribution in [3.05, 3.63) is 126 Å². The highest BCUT2D eigenvalue weighted by Gasteiger charge is 2.21. The number of fused-ring (bicyclic) bond motifs is 2. The van der Waals surface area contributed by atoms with Crippen molar-refractivity contribution in [3.63, 3.8) is 0 Å². The number of anilines is 1. The van der Waals surface area contributed by atoms with Crippen LogP contribution in [0.15, 0.2) is 109 Å². The van der Waals surface area contributed by atoms with Crippen LogP contribution in [0.2, 0.25) is 0 Å². The number of pyridine rings is 1. The topological polar surface area (TPSA) is 42.7 Å². The highest BCUT2D eigenvalue weighted by Crippen LogP contribution is 2.37. The Kier molecular flexibility index (Phi) is 9.69. The first-order valence-corrected chi connectivity index (χ1v) is 17.4. The van der Waals surface area contributed by atoms with Gasteiger partial charge in [0.15, 0.2) is 0 Å². The molecule has 47 heavy (non-hydrogen) atoms. The summed E-state index contributed by atoms with van der Waals surface area (Å²) in [6.07, 6.45) is 11.8. The van der Waals surface area contributed by atoms with Gasteiger partial charge in [-0.15, -0.1) is 0 Å². The third kappa shape index (κ3) is 7.00. The zero-order chi connectivity index (χ0) is 31.8. The van der Waals surface area contributed by atoms with E-state index in [-0.39, 0.29) is 5.82 Å². The van der Waals surface area contributed by atoms with Crippen molar-refractivity contribution in [1.82, 2.24) is 14.5 Å². The summed E-state index contributed by atoms with van der Waals surface area (Å²) in [6.45, 7) is 1.86. The summed E-state index contributed by atoms with van der Waals surface area (Å²) < 4.78 is 16.3. The van der Waals surface area contributed by atoms with E-state index in [0.29, 0.717) is 0 Å². The zero-order valence-corrected chi connectivity index (χ0v) is 27.1. The summed E-state index contributed by atoms with van der Waals surface area (Å²) in [6, 6.07) is 36.3. The fourth-order valence-electron chi connectivity index (χ4n) is 7.07. The molecule has 0 radical (unpaired) electrons. The second-order valence-corrected chi connectivity index (χ2v) is 12.7. The Bertz CT molecular complexity index is 1910. The summed E-state index contributed by atoms with van der Waals surface area (Å²) >= 11 is 0. The van der Waals surface area contributed by atoms with Gasteiger partial charge in [-0.2, -0.15) is 0 Å². The number of para-hydroxylation sites is 1. The van der Waals surface area contributed by atoms with E-state index < -0.39 is 0 Å². The van der Waals surface area contributed by atoms with Crippen LogP contribution in [0, 0.1) is 5.82 Å². The van der Waals surface area contributed by atoms with Gasteiger partial charge in [-0.05, 0) is 74.4 Å². The summed E-state index contributed by atoms with van der Waals surface area (Å²) in [5.41, 5.74) is 10.4. The third-order valence-corrected chi connectivity index (χ3v) is 9.44. The van der Waals surface area contributed by atoms with Gasteiger partial charge in [0.25, 0.3) is 0 Å². The van der Waals surface area contributed by atoms with Crippen LogP contribution < -0.4 is 5.32 Å². The molecule has 0 atom stereocenters. The molecule has 2 aromatic heterocycles. The van der Waals surface area contributed by atoms with Gasteiger partial charge in [-0.3, -0.25) is 4.98 Å². The standard InChI is InChI=1S/C42H43FN4/c43-34-27-25-33(26-28-34)42-46-39(31-17-7-5-8-18-31)41(32-19-9-6-10-20-32)47(42)30-16-4-2-1-3-15-29-44-40-35-21-11-13-23-37(35)45-38-24-14-12-22-36(38)40/h5-11,13,17-21,23,25-28H,1-4,12,14-16,22,24,29-30H2,(H,44,45). The number of rotatable bonds is 13. The number of aryl methyl sites for hydroxylation is 1. The Morgan fingerprint density at radius 3 is 2.06 bits per heavy atom. The van der Waals surface area contributed by atoms with Crippen LogP contribution in [-0.4, -0.2) is 21.1 Å². The van der Waals surface area contributed by atoms with Crippen molar-refractivity contribution in [1.29, 1.82) is 0 Å². The quantitative estimate of drug-likeness (QED) is 0.130. The fourth-order valence-corrected chi connectivity index (χ4v) is 7.07. The zero-order valence-electron chi connectivity index (χ0n) is 27.1. The van der Waals surface area contributed by atoms with Crippen LogP contribution in [-0.2, 0) is 19.4 Å². The molecule has 1 aliphatic carbocycles. The summed E-state index contributed by atoms with van der Waals surface area (Å²) in [4.78, 5) is 10.2. The number of halogens is 1. The van der Waals surface area contributed by atoms with Crippen LogP contribution in [0.25, 0.3) is 44.8 Å². The highest BCUT2D eigenvalue weighted by molar-refractivity contribution is 5.93. The smallest absolute Gasteiger partial charge is 0.141 e. The molecule has 7 rings (SSSR count). The van der Waals surface area contributed by atoms with Gasteiger partial charge in [-0.1, -0.05) is 105 Å². The molecule has 0 aliphatic heterocycles. The molecule has 0 saturated carbocycles. The molecule has 238 valence electrons. The number of nitrogens with one attached hydrogen (secondary N) is 1. The number of hydrogen-bond acceptors (Lipinski definition) is 3. The molecule has 4 nitrogen and oxygen atoms in total. The first kappa shape index (κ1) is 30.9. The van der Waals surface area contributed by atoms with E-state index >= 15 is 0 Å². The first-order valence-electron chi connectivity index (χ1n) is 17.4. The predicted molar refractivity (Wildman–Crippen MR) is 193 cm³/mol. The maximum absolute atomic E-state index is 13.9. The van der Waals surface area contributed by atoms with Crippen molar-refractivity contribution in [2.75, 3.05) is 11.9 Å². The third-order valence-electron chi connectivity index (χ3n) is 9.44. The number of aromatic nitrogens is 3. The molecule has 0 spiro atoms. The second kappa shape index (κ2) is 14.8. The number of hydrogen-bond donors (Lipinski definition) is 1. The monoisotopic (exact) mass is 622 g/mol. The minimum absolute atomic E-state index is 0.234. The Hall–Kier alpha value is -4.77. The van der Waals surface area contributed by atoms with Gasteiger partial charge in [-0.25, -0.2) is 9.37 Å². The lowest BCUT2D eigenvalue weighted by Crippen LogP contribution is -2.12. The molecule has 1 aliphatic rings. The number of nitrogens with zero attached hydrogens (tertiary/aromatic N) is 3. The van der Waals surface area contributed by atoms with Gasteiger partial charge in [0.05, 0.1) is 16.9 Å². The normalized spacial score (nSPS) is 12.7. The van der Waals surface area contributed by atoms with Crippen LogP contribution in [0.4, 0.5) is 10.1 Å². The predicted octanol–water partition coefficient (Wildman–Crippen LogP) is 10.9. The van der Waals surface area contributed by atoms with Crippen molar-refractivity contribution in [2.24, 2.45) is 0 Å². The number of imidazole rings is 1. The van der Waals surface area contributed by atoms with Gasteiger partial charge >= 0.3 is 0 Å². The Morgan fingerprint density at radius 1 is 0.617 bits per heavy atom. The van der Waals surface area contributed by atoms with Crippen LogP contribution in [0.1, 0.15) is 62.6 Å². The van der Waals surface area contributed by atoms with E-state index in [0.717, 1.165) is 78.2 Å². The molecule has 0 amide bonds. The molecule has 5 heteroatoms. The van der Waals surface area contributed by atoms with E-state index in [1.54, 1.807) is 0 Å². The van der Waals surface area contributed by atoms with E-state index in [9.17, 15) is 4.39 Å². The molecule has 4 aromatic carbocycles. The lowest BCUT2D eigenvalue weighted by molar-refractivity contribution is 0.559. The van der Waals surface area contributed by atoms with E-state index in [1.807, 2.05) is 18.2 Å². The van der Waals surface area contributed by atoms with Crippen molar-refractivity contribution in [3.8, 4) is 33.9 Å². The fraction of sp³-hybridized carbons (Fsp3) is 0.286. The largest absolute Gasteiger partial charge is 0.384 e. The van der Waals surface area contributed by atoms with Gasteiger partial charge < -0.3 is 9.88 Å². The maximum atomic E-state index is 13.9. The molecule has 0 fully saturated rings. The Labute approximate surface area is 277 Å². The van der Waals surface area contributed by atoms with Gasteiger partial charge in [0, 0.05) is 46.5 Å². The van der Waals surface area contributed by atoms with Crippen molar-refractivity contribution >= 4 is 16.6 Å². The summed E-state index contributed by atoms with van der Waals surface area (Å²) in [7, 11) is 0. The maximum Gasteiger partial charge on any atom is 0.141 e. The molecular weight excluding hydrogens is 579 g/mol. The second-order valence-electron chi connectivity index (χ2n) is 12.7. The average Bonchev–Trinajstić information content (AvgIpc) is 3.51.